The molecule has 1 saturated heterocycles. The minimum atomic E-state index is -0.318. The molecule has 2 N–H and O–H groups in total. The van der Waals surface area contributed by atoms with Crippen molar-refractivity contribution in [2.45, 2.75) is 25.8 Å². The number of likely N-dealkylation sites (N-methyl/N-ethyl adjacent to an activating group) is 1. The van der Waals surface area contributed by atoms with Crippen LogP contribution in [0, 0.1) is 0 Å². The molecule has 0 aliphatic carbocycles. The summed E-state index contributed by atoms with van der Waals surface area (Å²) in [5.74, 6) is -0.00697. The summed E-state index contributed by atoms with van der Waals surface area (Å²) in [4.78, 5) is 24.6. The Hall–Kier alpha value is -1.10. The van der Waals surface area contributed by atoms with E-state index in [2.05, 4.69) is 10.6 Å². The predicted octanol–water partition coefficient (Wildman–Crippen LogP) is -0.667. The predicted molar refractivity (Wildman–Crippen MR) is 57.3 cm³/mol. The van der Waals surface area contributed by atoms with E-state index in [1.54, 1.807) is 14.0 Å². The minimum Gasteiger partial charge on any atom is -0.358 e. The number of nitrogens with zero attached hydrogens (tertiary/aromatic N) is 1. The van der Waals surface area contributed by atoms with Gasteiger partial charge in [0.05, 0.1) is 12.6 Å². The maximum atomic E-state index is 11.6. The third-order valence-corrected chi connectivity index (χ3v) is 2.66. The van der Waals surface area contributed by atoms with Crippen molar-refractivity contribution in [3.63, 3.8) is 0 Å². The van der Waals surface area contributed by atoms with Crippen LogP contribution in [0.5, 0.6) is 0 Å². The third-order valence-electron chi connectivity index (χ3n) is 2.66. The number of carbonyl (C=O) groups excluding carboxylic acids is 2. The molecular formula is C10H19N3O2. The van der Waals surface area contributed by atoms with Gasteiger partial charge in [0.1, 0.15) is 0 Å². The van der Waals surface area contributed by atoms with E-state index in [1.807, 2.05) is 4.90 Å². The van der Waals surface area contributed by atoms with E-state index in [4.69, 9.17) is 0 Å². The van der Waals surface area contributed by atoms with Gasteiger partial charge < -0.3 is 10.2 Å². The first-order valence-electron chi connectivity index (χ1n) is 5.38. The quantitative estimate of drug-likeness (QED) is 0.651. The fourth-order valence-corrected chi connectivity index (χ4v) is 1.63. The maximum absolute atomic E-state index is 11.6. The average molecular weight is 213 g/mol. The summed E-state index contributed by atoms with van der Waals surface area (Å²) in [7, 11) is 1.59. The zero-order chi connectivity index (χ0) is 11.3. The van der Waals surface area contributed by atoms with Gasteiger partial charge in [-0.3, -0.25) is 14.9 Å². The Morgan fingerprint density at radius 2 is 1.93 bits per heavy atom. The molecule has 5 heteroatoms. The lowest BCUT2D eigenvalue weighted by Gasteiger charge is -2.17. The van der Waals surface area contributed by atoms with Crippen molar-refractivity contribution in [3.8, 4) is 0 Å². The second kappa shape index (κ2) is 5.70. The van der Waals surface area contributed by atoms with Crippen molar-refractivity contribution in [2.24, 2.45) is 0 Å². The van der Waals surface area contributed by atoms with Crippen LogP contribution in [0.4, 0.5) is 0 Å². The lowest BCUT2D eigenvalue weighted by molar-refractivity contribution is -0.129. The number of nitrogens with one attached hydrogen (secondary N) is 2. The number of rotatable bonds is 4. The van der Waals surface area contributed by atoms with Crippen LogP contribution in [0.15, 0.2) is 0 Å². The van der Waals surface area contributed by atoms with Crippen LogP contribution in [0.25, 0.3) is 0 Å². The fourth-order valence-electron chi connectivity index (χ4n) is 1.63. The summed E-state index contributed by atoms with van der Waals surface area (Å²) in [5, 5.41) is 5.44. The largest absolute Gasteiger partial charge is 0.358 e. The minimum absolute atomic E-state index is 0.0863. The van der Waals surface area contributed by atoms with Crippen LogP contribution in [0.1, 0.15) is 19.8 Å². The first-order valence-corrected chi connectivity index (χ1v) is 5.38. The van der Waals surface area contributed by atoms with E-state index in [9.17, 15) is 9.59 Å². The molecule has 0 bridgehead atoms. The molecule has 0 aromatic heterocycles. The van der Waals surface area contributed by atoms with Gasteiger partial charge >= 0.3 is 0 Å². The second-order valence-electron chi connectivity index (χ2n) is 3.80. The van der Waals surface area contributed by atoms with Crippen LogP contribution in [-0.2, 0) is 9.59 Å². The monoisotopic (exact) mass is 213 g/mol. The van der Waals surface area contributed by atoms with Gasteiger partial charge in [-0.1, -0.05) is 0 Å². The summed E-state index contributed by atoms with van der Waals surface area (Å²) in [6.07, 6.45) is 2.19. The molecule has 1 atom stereocenters. The second-order valence-corrected chi connectivity index (χ2v) is 3.80. The number of amides is 2. The van der Waals surface area contributed by atoms with Gasteiger partial charge in [-0.05, 0) is 19.8 Å². The van der Waals surface area contributed by atoms with Gasteiger partial charge in [-0.25, -0.2) is 0 Å². The van der Waals surface area contributed by atoms with Gasteiger partial charge in [0, 0.05) is 20.1 Å². The van der Waals surface area contributed by atoms with Gasteiger partial charge in [0.25, 0.3) is 0 Å². The Kier molecular flexibility index (Phi) is 4.55. The molecule has 0 aromatic rings. The molecule has 86 valence electrons. The summed E-state index contributed by atoms with van der Waals surface area (Å²) in [5.41, 5.74) is 0. The smallest absolute Gasteiger partial charge is 0.236 e. The lowest BCUT2D eigenvalue weighted by atomic mass is 10.3. The van der Waals surface area contributed by atoms with Crippen molar-refractivity contribution in [2.75, 3.05) is 26.7 Å². The number of hydrogen-bond donors (Lipinski definition) is 2. The molecule has 5 nitrogen and oxygen atoms in total. The third kappa shape index (κ3) is 3.51. The van der Waals surface area contributed by atoms with Crippen molar-refractivity contribution in [1.82, 2.24) is 15.5 Å². The molecule has 15 heavy (non-hydrogen) atoms. The van der Waals surface area contributed by atoms with Crippen molar-refractivity contribution < 1.29 is 9.59 Å². The molecule has 0 spiro atoms. The summed E-state index contributed by atoms with van der Waals surface area (Å²) < 4.78 is 0. The van der Waals surface area contributed by atoms with E-state index >= 15 is 0 Å². The van der Waals surface area contributed by atoms with Crippen LogP contribution in [-0.4, -0.2) is 49.4 Å². The van der Waals surface area contributed by atoms with Gasteiger partial charge in [-0.2, -0.15) is 0 Å². The number of hydrogen-bond acceptors (Lipinski definition) is 3. The molecule has 1 heterocycles. The Bertz CT molecular complexity index is 237. The van der Waals surface area contributed by atoms with E-state index < -0.39 is 0 Å². The highest BCUT2D eigenvalue weighted by Crippen LogP contribution is 2.06. The molecule has 1 rings (SSSR count). The highest BCUT2D eigenvalue weighted by molar-refractivity contribution is 5.83. The van der Waals surface area contributed by atoms with E-state index in [-0.39, 0.29) is 24.4 Å². The van der Waals surface area contributed by atoms with Gasteiger partial charge in [0.15, 0.2) is 0 Å². The van der Waals surface area contributed by atoms with Crippen molar-refractivity contribution in [3.05, 3.63) is 0 Å². The molecule has 1 aliphatic rings. The normalized spacial score (nSPS) is 17.6. The van der Waals surface area contributed by atoms with Crippen LogP contribution >= 0.6 is 0 Å². The zero-order valence-electron chi connectivity index (χ0n) is 9.38. The zero-order valence-corrected chi connectivity index (χ0v) is 9.38. The Morgan fingerprint density at radius 3 is 2.47 bits per heavy atom. The number of carbonyl (C=O) groups is 2. The fraction of sp³-hybridized carbons (Fsp3) is 0.800. The first kappa shape index (κ1) is 12.0. The van der Waals surface area contributed by atoms with Crippen LogP contribution < -0.4 is 10.6 Å². The molecule has 1 aliphatic heterocycles. The molecule has 0 saturated carbocycles. The average Bonchev–Trinajstić information content (AvgIpc) is 2.77. The molecule has 1 fully saturated rings. The van der Waals surface area contributed by atoms with Crippen molar-refractivity contribution in [1.29, 1.82) is 0 Å². The molecule has 0 aromatic carbocycles. The Morgan fingerprint density at radius 1 is 1.33 bits per heavy atom. The highest BCUT2D eigenvalue weighted by Gasteiger charge is 2.19. The van der Waals surface area contributed by atoms with E-state index in [0.29, 0.717) is 0 Å². The van der Waals surface area contributed by atoms with Crippen LogP contribution in [0.2, 0.25) is 0 Å². The van der Waals surface area contributed by atoms with Crippen LogP contribution in [0.3, 0.4) is 0 Å². The maximum Gasteiger partial charge on any atom is 0.236 e. The molecule has 2 amide bonds. The van der Waals surface area contributed by atoms with E-state index in [0.717, 1.165) is 25.9 Å². The SMILES string of the molecule is CNC(=O)C(C)NCC(=O)N1CCCC1. The molecule has 1 unspecified atom stereocenters. The Labute approximate surface area is 90.2 Å². The lowest BCUT2D eigenvalue weighted by Crippen LogP contribution is -2.45. The Balaban J connectivity index is 2.24. The first-order chi connectivity index (χ1) is 7.15. The number of likely N-dealkylation sites (tertiary alicyclic amines) is 1. The van der Waals surface area contributed by atoms with E-state index in [1.165, 1.54) is 0 Å². The molecule has 0 radical (unpaired) electrons. The van der Waals surface area contributed by atoms with Gasteiger partial charge in [0.2, 0.25) is 11.8 Å². The standard InChI is InChI=1S/C10H19N3O2/c1-8(10(15)11-2)12-7-9(14)13-5-3-4-6-13/h8,12H,3-7H2,1-2H3,(H,11,15). The topological polar surface area (TPSA) is 61.4 Å². The summed E-state index contributed by atoms with van der Waals surface area (Å²) in [6, 6.07) is -0.318. The molecular weight excluding hydrogens is 194 g/mol. The highest BCUT2D eigenvalue weighted by atomic mass is 16.2. The summed E-state index contributed by atoms with van der Waals surface area (Å²) in [6.45, 7) is 3.70. The van der Waals surface area contributed by atoms with Gasteiger partial charge in [-0.15, -0.1) is 0 Å². The van der Waals surface area contributed by atoms with Crippen molar-refractivity contribution >= 4 is 11.8 Å². The summed E-state index contributed by atoms with van der Waals surface area (Å²) >= 11 is 0.